The Morgan fingerprint density at radius 1 is 1.48 bits per heavy atom. The number of nitrogens with one attached hydrogen (secondary N) is 2. The molecule has 0 radical (unpaired) electrons. The minimum Gasteiger partial charge on any atom is -0.351 e. The van der Waals surface area contributed by atoms with E-state index in [4.69, 9.17) is 11.6 Å². The van der Waals surface area contributed by atoms with Gasteiger partial charge in [0.1, 0.15) is 5.82 Å². The van der Waals surface area contributed by atoms with Crippen molar-refractivity contribution in [2.45, 2.75) is 18.5 Å². The summed E-state index contributed by atoms with van der Waals surface area (Å²) in [4.78, 5) is 14.3. The highest BCUT2D eigenvalue weighted by Crippen LogP contribution is 2.32. The summed E-state index contributed by atoms with van der Waals surface area (Å²) >= 11 is 5.75. The molecule has 2 unspecified atom stereocenters. The monoisotopic (exact) mass is 311 g/mol. The first-order valence-electron chi connectivity index (χ1n) is 7.22. The average Bonchev–Trinajstić information content (AvgIpc) is 2.72. The summed E-state index contributed by atoms with van der Waals surface area (Å²) in [6.45, 7) is 2.37. The number of carbonyl (C=O) groups is 1. The van der Waals surface area contributed by atoms with Crippen LogP contribution in [0.1, 0.15) is 18.0 Å². The first-order valence-corrected chi connectivity index (χ1v) is 7.60. The molecule has 2 fully saturated rings. The van der Waals surface area contributed by atoms with Crippen LogP contribution in [0.3, 0.4) is 0 Å². The van der Waals surface area contributed by atoms with Crippen molar-refractivity contribution in [2.24, 2.45) is 5.92 Å². The number of halogens is 2. The van der Waals surface area contributed by atoms with E-state index < -0.39 is 5.82 Å². The fraction of sp³-hybridized carbons (Fsp3) is 0.533. The summed E-state index contributed by atoms with van der Waals surface area (Å²) in [5.74, 6) is -0.255. The third-order valence-corrected chi connectivity index (χ3v) is 4.72. The number of rotatable bonds is 3. The molecule has 0 saturated carbocycles. The van der Waals surface area contributed by atoms with Gasteiger partial charge in [-0.15, -0.1) is 0 Å². The molecule has 0 bridgehead atoms. The Bertz CT molecular complexity index is 550. The van der Waals surface area contributed by atoms with E-state index in [-0.39, 0.29) is 28.9 Å². The number of hydrogen-bond acceptors (Lipinski definition) is 3. The van der Waals surface area contributed by atoms with E-state index in [1.807, 2.05) is 13.1 Å². The van der Waals surface area contributed by atoms with Gasteiger partial charge in [-0.2, -0.15) is 0 Å². The van der Waals surface area contributed by atoms with E-state index in [1.165, 1.54) is 6.07 Å². The lowest BCUT2D eigenvalue weighted by Crippen LogP contribution is -2.53. The minimum atomic E-state index is -0.414. The second kappa shape index (κ2) is 5.91. The molecule has 1 amide bonds. The van der Waals surface area contributed by atoms with E-state index in [0.29, 0.717) is 0 Å². The molecule has 6 heteroatoms. The molecule has 2 atom stereocenters. The second-order valence-corrected chi connectivity index (χ2v) is 6.27. The van der Waals surface area contributed by atoms with Crippen molar-refractivity contribution in [2.75, 3.05) is 26.7 Å². The van der Waals surface area contributed by atoms with Crippen LogP contribution in [0.4, 0.5) is 4.39 Å². The maximum absolute atomic E-state index is 13.7. The van der Waals surface area contributed by atoms with Gasteiger partial charge in [0, 0.05) is 25.7 Å². The summed E-state index contributed by atoms with van der Waals surface area (Å²) in [6, 6.07) is 4.89. The Balaban J connectivity index is 1.76. The number of amides is 1. The fourth-order valence-electron chi connectivity index (χ4n) is 3.06. The smallest absolute Gasteiger partial charge is 0.225 e. The van der Waals surface area contributed by atoms with Gasteiger partial charge in [-0.25, -0.2) is 4.39 Å². The zero-order chi connectivity index (χ0) is 15.0. The summed E-state index contributed by atoms with van der Waals surface area (Å²) in [7, 11) is 1.99. The quantitative estimate of drug-likeness (QED) is 0.890. The number of likely N-dealkylation sites (tertiary alicyclic amines) is 1. The Morgan fingerprint density at radius 3 is 2.86 bits per heavy atom. The van der Waals surface area contributed by atoms with Gasteiger partial charge in [-0.3, -0.25) is 9.69 Å². The number of likely N-dealkylation sites (N-methyl/N-ethyl adjacent to an activating group) is 1. The van der Waals surface area contributed by atoms with E-state index in [1.54, 1.807) is 6.07 Å². The molecular weight excluding hydrogens is 293 g/mol. The number of nitrogens with zero attached hydrogens (tertiary/aromatic N) is 1. The lowest BCUT2D eigenvalue weighted by atomic mass is 9.97. The maximum Gasteiger partial charge on any atom is 0.225 e. The highest BCUT2D eigenvalue weighted by Gasteiger charge is 2.36. The van der Waals surface area contributed by atoms with Gasteiger partial charge in [-0.05, 0) is 31.2 Å². The SMILES string of the molecule is CN1CCC(NC(=O)C2CNC2)C1c1ccc(Cl)c(F)c1. The maximum atomic E-state index is 13.7. The molecule has 0 aliphatic carbocycles. The summed E-state index contributed by atoms with van der Waals surface area (Å²) in [5, 5.41) is 6.34. The Kier molecular flexibility index (Phi) is 4.15. The Labute approximate surface area is 128 Å². The van der Waals surface area contributed by atoms with Crippen molar-refractivity contribution in [3.05, 3.63) is 34.6 Å². The zero-order valence-corrected chi connectivity index (χ0v) is 12.7. The van der Waals surface area contributed by atoms with E-state index in [2.05, 4.69) is 15.5 Å². The van der Waals surface area contributed by atoms with Crippen molar-refractivity contribution >= 4 is 17.5 Å². The highest BCUT2D eigenvalue weighted by molar-refractivity contribution is 6.30. The lowest BCUT2D eigenvalue weighted by molar-refractivity contribution is -0.127. The van der Waals surface area contributed by atoms with Crippen LogP contribution in [-0.4, -0.2) is 43.5 Å². The third kappa shape index (κ3) is 2.91. The van der Waals surface area contributed by atoms with Crippen LogP contribution < -0.4 is 10.6 Å². The molecule has 2 aliphatic rings. The van der Waals surface area contributed by atoms with E-state index >= 15 is 0 Å². The van der Waals surface area contributed by atoms with Gasteiger partial charge in [0.05, 0.1) is 17.0 Å². The molecule has 114 valence electrons. The Hall–Kier alpha value is -1.17. The van der Waals surface area contributed by atoms with Crippen LogP contribution in [0.25, 0.3) is 0 Å². The molecule has 0 spiro atoms. The van der Waals surface area contributed by atoms with Crippen LogP contribution in [0.5, 0.6) is 0 Å². The summed E-state index contributed by atoms with van der Waals surface area (Å²) in [6.07, 6.45) is 0.872. The molecule has 2 saturated heterocycles. The van der Waals surface area contributed by atoms with Crippen LogP contribution in [0, 0.1) is 11.7 Å². The fourth-order valence-corrected chi connectivity index (χ4v) is 3.17. The van der Waals surface area contributed by atoms with Crippen molar-refractivity contribution in [3.8, 4) is 0 Å². The molecule has 21 heavy (non-hydrogen) atoms. The minimum absolute atomic E-state index is 0.00578. The molecule has 4 nitrogen and oxygen atoms in total. The van der Waals surface area contributed by atoms with Gasteiger partial charge in [0.2, 0.25) is 5.91 Å². The highest BCUT2D eigenvalue weighted by atomic mass is 35.5. The van der Waals surface area contributed by atoms with Crippen molar-refractivity contribution in [3.63, 3.8) is 0 Å². The largest absolute Gasteiger partial charge is 0.351 e. The molecule has 2 heterocycles. The van der Waals surface area contributed by atoms with Crippen molar-refractivity contribution in [1.82, 2.24) is 15.5 Å². The van der Waals surface area contributed by atoms with Crippen LogP contribution in [-0.2, 0) is 4.79 Å². The summed E-state index contributed by atoms with van der Waals surface area (Å²) < 4.78 is 13.7. The molecule has 3 rings (SSSR count). The number of benzene rings is 1. The number of hydrogen-bond donors (Lipinski definition) is 2. The van der Waals surface area contributed by atoms with Gasteiger partial charge in [-0.1, -0.05) is 17.7 Å². The molecule has 0 aromatic heterocycles. The van der Waals surface area contributed by atoms with Gasteiger partial charge in [0.25, 0.3) is 0 Å². The van der Waals surface area contributed by atoms with E-state index in [0.717, 1.165) is 31.6 Å². The van der Waals surface area contributed by atoms with Gasteiger partial charge in [0.15, 0.2) is 0 Å². The lowest BCUT2D eigenvalue weighted by Gasteiger charge is -2.30. The summed E-state index contributed by atoms with van der Waals surface area (Å²) in [5.41, 5.74) is 0.855. The molecule has 2 N–H and O–H groups in total. The first-order chi connectivity index (χ1) is 10.1. The van der Waals surface area contributed by atoms with Gasteiger partial charge >= 0.3 is 0 Å². The first kappa shape index (κ1) is 14.8. The molecule has 1 aromatic rings. The van der Waals surface area contributed by atoms with Crippen molar-refractivity contribution < 1.29 is 9.18 Å². The Morgan fingerprint density at radius 2 is 2.24 bits per heavy atom. The second-order valence-electron chi connectivity index (χ2n) is 5.86. The van der Waals surface area contributed by atoms with E-state index in [9.17, 15) is 9.18 Å². The van der Waals surface area contributed by atoms with Crippen LogP contribution in [0.2, 0.25) is 5.02 Å². The molecule has 2 aliphatic heterocycles. The standard InChI is InChI=1S/C15H19ClFN3O/c1-20-5-4-13(19-15(21)10-7-18-8-10)14(20)9-2-3-11(16)12(17)6-9/h2-3,6,10,13-14,18H,4-5,7-8H2,1H3,(H,19,21). The predicted molar refractivity (Wildman–Crippen MR) is 79.7 cm³/mol. The zero-order valence-electron chi connectivity index (χ0n) is 11.9. The predicted octanol–water partition coefficient (Wildman–Crippen LogP) is 1.56. The van der Waals surface area contributed by atoms with Crippen LogP contribution in [0.15, 0.2) is 18.2 Å². The average molecular weight is 312 g/mol. The van der Waals surface area contributed by atoms with Crippen molar-refractivity contribution in [1.29, 1.82) is 0 Å². The van der Waals surface area contributed by atoms with Gasteiger partial charge < -0.3 is 10.6 Å². The normalized spacial score (nSPS) is 26.6. The topological polar surface area (TPSA) is 44.4 Å². The third-order valence-electron chi connectivity index (χ3n) is 4.41. The van der Waals surface area contributed by atoms with Crippen LogP contribution >= 0.6 is 11.6 Å². The number of carbonyl (C=O) groups excluding carboxylic acids is 1. The molecular formula is C15H19ClFN3O. The molecule has 1 aromatic carbocycles.